The number of ether oxygens (including phenoxy) is 1. The maximum atomic E-state index is 12.4. The molecule has 0 saturated carbocycles. The molecule has 0 aromatic heterocycles. The van der Waals surface area contributed by atoms with Gasteiger partial charge in [0, 0.05) is 12.5 Å². The van der Waals surface area contributed by atoms with Gasteiger partial charge in [-0.05, 0) is 13.3 Å². The first-order valence-corrected chi connectivity index (χ1v) is 7.54. The molecular weight excluding hydrogens is 314 g/mol. The SMILES string of the molecule is CCC(C)OC(=O)C(CC(=O)c1ccccc1)(NC(C)=O)C(=O)O. The number of aliphatic carboxylic acids is 1. The monoisotopic (exact) mass is 335 g/mol. The Kier molecular flexibility index (Phi) is 6.64. The largest absolute Gasteiger partial charge is 0.479 e. The first-order valence-electron chi connectivity index (χ1n) is 7.54. The zero-order chi connectivity index (χ0) is 18.3. The summed E-state index contributed by atoms with van der Waals surface area (Å²) in [5.41, 5.74) is -2.22. The van der Waals surface area contributed by atoms with Gasteiger partial charge in [-0.15, -0.1) is 0 Å². The number of carbonyl (C=O) groups excluding carboxylic acids is 3. The maximum Gasteiger partial charge on any atom is 0.344 e. The summed E-state index contributed by atoms with van der Waals surface area (Å²) in [5.74, 6) is -4.15. The van der Waals surface area contributed by atoms with Crippen LogP contribution in [0.5, 0.6) is 0 Å². The summed E-state index contributed by atoms with van der Waals surface area (Å²) in [5, 5.41) is 11.6. The van der Waals surface area contributed by atoms with Crippen molar-refractivity contribution in [2.75, 3.05) is 0 Å². The zero-order valence-corrected chi connectivity index (χ0v) is 13.9. The highest BCUT2D eigenvalue weighted by atomic mass is 16.5. The second kappa shape index (κ2) is 8.24. The van der Waals surface area contributed by atoms with Crippen molar-refractivity contribution in [3.05, 3.63) is 35.9 Å². The van der Waals surface area contributed by atoms with Gasteiger partial charge in [0.2, 0.25) is 11.4 Å². The topological polar surface area (TPSA) is 110 Å². The van der Waals surface area contributed by atoms with Crippen LogP contribution in [0.3, 0.4) is 0 Å². The Labute approximate surface area is 140 Å². The van der Waals surface area contributed by atoms with Gasteiger partial charge in [-0.25, -0.2) is 9.59 Å². The van der Waals surface area contributed by atoms with Crippen LogP contribution in [-0.4, -0.2) is 40.4 Å². The number of rotatable bonds is 8. The third kappa shape index (κ3) is 4.65. The fourth-order valence-electron chi connectivity index (χ4n) is 2.02. The number of Topliss-reactive ketones (excluding diaryl/α,β-unsaturated/α-hetero) is 1. The molecule has 0 aliphatic heterocycles. The molecule has 7 heteroatoms. The summed E-state index contributed by atoms with van der Waals surface area (Å²) in [6, 6.07) is 7.94. The molecule has 0 fully saturated rings. The number of hydrogen-bond donors (Lipinski definition) is 2. The molecule has 1 rings (SSSR count). The molecule has 0 spiro atoms. The second-order valence-corrected chi connectivity index (χ2v) is 5.48. The third-order valence-corrected chi connectivity index (χ3v) is 3.51. The lowest BCUT2D eigenvalue weighted by atomic mass is 9.90. The number of nitrogens with one attached hydrogen (secondary N) is 1. The number of amides is 1. The Morgan fingerprint density at radius 1 is 1.21 bits per heavy atom. The minimum atomic E-state index is -2.46. The Morgan fingerprint density at radius 2 is 1.79 bits per heavy atom. The van der Waals surface area contributed by atoms with Crippen molar-refractivity contribution in [1.82, 2.24) is 5.32 Å². The van der Waals surface area contributed by atoms with Crippen molar-refractivity contribution in [2.45, 2.75) is 45.3 Å². The molecule has 1 amide bonds. The average Bonchev–Trinajstić information content (AvgIpc) is 2.53. The van der Waals surface area contributed by atoms with E-state index in [1.807, 2.05) is 0 Å². The molecule has 2 unspecified atom stereocenters. The molecule has 0 radical (unpaired) electrons. The van der Waals surface area contributed by atoms with Crippen LogP contribution in [0.15, 0.2) is 30.3 Å². The quantitative estimate of drug-likeness (QED) is 0.424. The van der Waals surface area contributed by atoms with Gasteiger partial charge in [-0.1, -0.05) is 37.3 Å². The molecule has 0 aliphatic carbocycles. The molecular formula is C17H21NO6. The van der Waals surface area contributed by atoms with E-state index in [1.54, 1.807) is 32.0 Å². The number of carbonyl (C=O) groups is 4. The smallest absolute Gasteiger partial charge is 0.344 e. The second-order valence-electron chi connectivity index (χ2n) is 5.48. The van der Waals surface area contributed by atoms with Gasteiger partial charge in [0.1, 0.15) is 0 Å². The summed E-state index contributed by atoms with van der Waals surface area (Å²) >= 11 is 0. The van der Waals surface area contributed by atoms with E-state index in [9.17, 15) is 24.3 Å². The lowest BCUT2D eigenvalue weighted by molar-refractivity contribution is -0.168. The molecule has 24 heavy (non-hydrogen) atoms. The van der Waals surface area contributed by atoms with Gasteiger partial charge in [-0.3, -0.25) is 9.59 Å². The van der Waals surface area contributed by atoms with Crippen molar-refractivity contribution in [3.63, 3.8) is 0 Å². The van der Waals surface area contributed by atoms with Gasteiger partial charge in [0.05, 0.1) is 12.5 Å². The van der Waals surface area contributed by atoms with Crippen LogP contribution in [0.1, 0.15) is 44.0 Å². The first-order chi connectivity index (χ1) is 11.2. The van der Waals surface area contributed by atoms with E-state index in [0.29, 0.717) is 6.42 Å². The van der Waals surface area contributed by atoms with Crippen LogP contribution in [-0.2, 0) is 19.1 Å². The standard InChI is InChI=1S/C17H21NO6/c1-4-11(2)24-16(23)17(15(21)22,18-12(3)19)10-14(20)13-8-6-5-7-9-13/h5-9,11H,4,10H2,1-3H3,(H,18,19)(H,21,22). The van der Waals surface area contributed by atoms with E-state index < -0.39 is 41.7 Å². The van der Waals surface area contributed by atoms with Gasteiger partial charge in [0.15, 0.2) is 5.78 Å². The third-order valence-electron chi connectivity index (χ3n) is 3.51. The Balaban J connectivity index is 3.20. The number of carboxylic acids is 1. The number of benzene rings is 1. The van der Waals surface area contributed by atoms with E-state index in [1.165, 1.54) is 12.1 Å². The molecule has 0 aliphatic rings. The van der Waals surface area contributed by atoms with E-state index >= 15 is 0 Å². The summed E-state index contributed by atoms with van der Waals surface area (Å²) < 4.78 is 5.08. The molecule has 0 bridgehead atoms. The van der Waals surface area contributed by atoms with Crippen LogP contribution in [0.25, 0.3) is 0 Å². The number of esters is 1. The number of ketones is 1. The van der Waals surface area contributed by atoms with Crippen molar-refractivity contribution in [2.24, 2.45) is 0 Å². The van der Waals surface area contributed by atoms with Gasteiger partial charge in [-0.2, -0.15) is 0 Å². The molecule has 0 saturated heterocycles. The Hall–Kier alpha value is -2.70. The van der Waals surface area contributed by atoms with Crippen molar-refractivity contribution < 1.29 is 29.0 Å². The van der Waals surface area contributed by atoms with Gasteiger partial charge in [0.25, 0.3) is 0 Å². The minimum Gasteiger partial charge on any atom is -0.479 e. The van der Waals surface area contributed by atoms with Crippen LogP contribution in [0.2, 0.25) is 0 Å². The fraction of sp³-hybridized carbons (Fsp3) is 0.412. The summed E-state index contributed by atoms with van der Waals surface area (Å²) in [6.45, 7) is 4.42. The highest BCUT2D eigenvalue weighted by molar-refractivity contribution is 6.12. The van der Waals surface area contributed by atoms with Crippen LogP contribution >= 0.6 is 0 Å². The van der Waals surface area contributed by atoms with E-state index in [4.69, 9.17) is 4.74 Å². The van der Waals surface area contributed by atoms with Crippen LogP contribution in [0.4, 0.5) is 0 Å². The maximum absolute atomic E-state index is 12.4. The van der Waals surface area contributed by atoms with E-state index in [0.717, 1.165) is 6.92 Å². The van der Waals surface area contributed by atoms with Crippen molar-refractivity contribution in [3.8, 4) is 0 Å². The summed E-state index contributed by atoms with van der Waals surface area (Å²) in [7, 11) is 0. The minimum absolute atomic E-state index is 0.241. The highest BCUT2D eigenvalue weighted by Gasteiger charge is 2.51. The molecule has 1 aromatic carbocycles. The Morgan fingerprint density at radius 3 is 2.25 bits per heavy atom. The number of hydrogen-bond acceptors (Lipinski definition) is 5. The highest BCUT2D eigenvalue weighted by Crippen LogP contribution is 2.19. The zero-order valence-electron chi connectivity index (χ0n) is 13.9. The summed E-state index contributed by atoms with van der Waals surface area (Å²) in [6.07, 6.45) is -0.813. The van der Waals surface area contributed by atoms with Gasteiger partial charge >= 0.3 is 11.9 Å². The first kappa shape index (κ1) is 19.3. The van der Waals surface area contributed by atoms with Crippen molar-refractivity contribution >= 4 is 23.6 Å². The molecule has 2 atom stereocenters. The normalized spacial score (nSPS) is 14.1. The number of carboxylic acid groups (broad SMARTS) is 1. The van der Waals surface area contributed by atoms with Gasteiger partial charge < -0.3 is 15.2 Å². The lowest BCUT2D eigenvalue weighted by Gasteiger charge is -2.28. The van der Waals surface area contributed by atoms with E-state index in [2.05, 4.69) is 5.32 Å². The van der Waals surface area contributed by atoms with E-state index in [-0.39, 0.29) is 5.56 Å². The molecule has 130 valence electrons. The molecule has 1 aromatic rings. The van der Waals surface area contributed by atoms with Crippen LogP contribution < -0.4 is 5.32 Å². The van der Waals surface area contributed by atoms with Crippen LogP contribution in [0, 0.1) is 0 Å². The Bertz CT molecular complexity index is 627. The average molecular weight is 335 g/mol. The fourth-order valence-corrected chi connectivity index (χ4v) is 2.02. The summed E-state index contributed by atoms with van der Waals surface area (Å²) in [4.78, 5) is 48.0. The molecule has 2 N–H and O–H groups in total. The predicted molar refractivity (Wildman–Crippen MR) is 85.4 cm³/mol. The lowest BCUT2D eigenvalue weighted by Crippen LogP contribution is -2.61. The predicted octanol–water partition coefficient (Wildman–Crippen LogP) is 1.56. The molecule has 0 heterocycles. The van der Waals surface area contributed by atoms with Crippen molar-refractivity contribution in [1.29, 1.82) is 0 Å². The molecule has 7 nitrogen and oxygen atoms in total.